The van der Waals surface area contributed by atoms with Gasteiger partial charge in [0.2, 0.25) is 0 Å². The first-order valence-corrected chi connectivity index (χ1v) is 6.56. The lowest BCUT2D eigenvalue weighted by molar-refractivity contribution is 0.356. The van der Waals surface area contributed by atoms with Crippen molar-refractivity contribution in [3.63, 3.8) is 0 Å². The zero-order chi connectivity index (χ0) is 14.9. The third-order valence-electron chi connectivity index (χ3n) is 2.56. The normalized spacial score (nSPS) is 12.9. The standard InChI is InChI=1S/C12H13BrF2N4O/c1-19(2)5-9(16)11-17-12(20-18-11)10-7(14)3-6(13)4-8(10)15/h3-4,9H,5,16H2,1-2H3. The van der Waals surface area contributed by atoms with Crippen molar-refractivity contribution in [3.05, 3.63) is 34.1 Å². The summed E-state index contributed by atoms with van der Waals surface area (Å²) in [6.45, 7) is 0.490. The van der Waals surface area contributed by atoms with Crippen molar-refractivity contribution in [2.75, 3.05) is 20.6 Å². The molecule has 2 aromatic rings. The van der Waals surface area contributed by atoms with Crippen LogP contribution in [0, 0.1) is 11.6 Å². The van der Waals surface area contributed by atoms with Crippen LogP contribution in [0.3, 0.4) is 0 Å². The summed E-state index contributed by atoms with van der Waals surface area (Å²) >= 11 is 3.00. The first-order valence-electron chi connectivity index (χ1n) is 5.77. The summed E-state index contributed by atoms with van der Waals surface area (Å²) in [4.78, 5) is 5.81. The zero-order valence-electron chi connectivity index (χ0n) is 10.9. The van der Waals surface area contributed by atoms with E-state index >= 15 is 0 Å². The second kappa shape index (κ2) is 5.94. The average Bonchev–Trinajstić information content (AvgIpc) is 2.75. The van der Waals surface area contributed by atoms with Gasteiger partial charge in [-0.25, -0.2) is 8.78 Å². The van der Waals surface area contributed by atoms with Gasteiger partial charge in [-0.3, -0.25) is 0 Å². The van der Waals surface area contributed by atoms with Crippen molar-refractivity contribution in [3.8, 4) is 11.5 Å². The summed E-state index contributed by atoms with van der Waals surface area (Å²) in [6, 6.07) is 1.76. The lowest BCUT2D eigenvalue weighted by Gasteiger charge is -2.12. The number of likely N-dealkylation sites (N-methyl/N-ethyl adjacent to an activating group) is 1. The molecule has 0 aliphatic heterocycles. The van der Waals surface area contributed by atoms with E-state index in [2.05, 4.69) is 26.1 Å². The molecule has 1 atom stereocenters. The molecule has 20 heavy (non-hydrogen) atoms. The lowest BCUT2D eigenvalue weighted by atomic mass is 10.2. The van der Waals surface area contributed by atoms with E-state index in [1.807, 2.05) is 19.0 Å². The third-order valence-corrected chi connectivity index (χ3v) is 3.01. The fourth-order valence-electron chi connectivity index (χ4n) is 1.71. The smallest absolute Gasteiger partial charge is 0.263 e. The molecule has 0 fully saturated rings. The number of hydrogen-bond acceptors (Lipinski definition) is 5. The first kappa shape index (κ1) is 15.0. The molecule has 0 aliphatic carbocycles. The van der Waals surface area contributed by atoms with Gasteiger partial charge in [0.05, 0.1) is 6.04 Å². The van der Waals surface area contributed by atoms with E-state index in [1.54, 1.807) is 0 Å². The lowest BCUT2D eigenvalue weighted by Crippen LogP contribution is -2.26. The molecule has 0 radical (unpaired) electrons. The molecule has 1 unspecified atom stereocenters. The number of rotatable bonds is 4. The van der Waals surface area contributed by atoms with Crippen LogP contribution in [0.1, 0.15) is 11.9 Å². The molecule has 8 heteroatoms. The van der Waals surface area contributed by atoms with Crippen molar-refractivity contribution >= 4 is 15.9 Å². The monoisotopic (exact) mass is 346 g/mol. The van der Waals surface area contributed by atoms with Gasteiger partial charge in [0, 0.05) is 11.0 Å². The number of hydrogen-bond donors (Lipinski definition) is 1. The van der Waals surface area contributed by atoms with E-state index in [-0.39, 0.29) is 17.3 Å². The molecular formula is C12H13BrF2N4O. The Bertz CT molecular complexity index is 594. The van der Waals surface area contributed by atoms with Crippen LogP contribution in [-0.4, -0.2) is 35.7 Å². The Hall–Kier alpha value is -1.38. The second-order valence-electron chi connectivity index (χ2n) is 4.57. The Balaban J connectivity index is 2.34. The Morgan fingerprint density at radius 3 is 2.50 bits per heavy atom. The third kappa shape index (κ3) is 3.20. The van der Waals surface area contributed by atoms with E-state index in [0.29, 0.717) is 11.0 Å². The predicted molar refractivity (Wildman–Crippen MR) is 72.8 cm³/mol. The van der Waals surface area contributed by atoms with E-state index in [4.69, 9.17) is 10.3 Å². The average molecular weight is 347 g/mol. The first-order chi connectivity index (χ1) is 9.38. The number of benzene rings is 1. The van der Waals surface area contributed by atoms with Crippen LogP contribution in [0.2, 0.25) is 0 Å². The van der Waals surface area contributed by atoms with Crippen molar-refractivity contribution in [1.29, 1.82) is 0 Å². The molecule has 1 heterocycles. The summed E-state index contributed by atoms with van der Waals surface area (Å²) in [7, 11) is 3.68. The summed E-state index contributed by atoms with van der Waals surface area (Å²) in [5.41, 5.74) is 5.51. The highest BCUT2D eigenvalue weighted by Gasteiger charge is 2.21. The van der Waals surface area contributed by atoms with Gasteiger partial charge < -0.3 is 15.2 Å². The molecule has 108 valence electrons. The van der Waals surface area contributed by atoms with E-state index in [9.17, 15) is 8.78 Å². The quantitative estimate of drug-likeness (QED) is 0.920. The topological polar surface area (TPSA) is 68.2 Å². The van der Waals surface area contributed by atoms with Crippen molar-refractivity contribution < 1.29 is 13.3 Å². The maximum Gasteiger partial charge on any atom is 0.263 e. The van der Waals surface area contributed by atoms with Crippen LogP contribution < -0.4 is 5.73 Å². The predicted octanol–water partition coefficient (Wildman–Crippen LogP) is 2.34. The van der Waals surface area contributed by atoms with Crippen LogP contribution in [0.25, 0.3) is 11.5 Å². The highest BCUT2D eigenvalue weighted by atomic mass is 79.9. The molecule has 0 amide bonds. The molecular weight excluding hydrogens is 334 g/mol. The summed E-state index contributed by atoms with van der Waals surface area (Å²) in [6.07, 6.45) is 0. The minimum Gasteiger partial charge on any atom is -0.334 e. The van der Waals surface area contributed by atoms with Crippen LogP contribution in [-0.2, 0) is 0 Å². The van der Waals surface area contributed by atoms with Crippen molar-refractivity contribution in [2.24, 2.45) is 5.73 Å². The largest absolute Gasteiger partial charge is 0.334 e. The molecule has 0 saturated carbocycles. The minimum atomic E-state index is -0.784. The summed E-state index contributed by atoms with van der Waals surface area (Å²) in [5, 5.41) is 3.67. The van der Waals surface area contributed by atoms with Gasteiger partial charge in [0.15, 0.2) is 5.82 Å². The van der Waals surface area contributed by atoms with Gasteiger partial charge in [0.25, 0.3) is 5.89 Å². The molecule has 0 aliphatic rings. The SMILES string of the molecule is CN(C)CC(N)c1noc(-c2c(F)cc(Br)cc2F)n1. The molecule has 2 N–H and O–H groups in total. The summed E-state index contributed by atoms with van der Waals surface area (Å²) in [5.74, 6) is -1.59. The Kier molecular flexibility index (Phi) is 4.46. The van der Waals surface area contributed by atoms with Gasteiger partial charge in [-0.2, -0.15) is 4.98 Å². The fraction of sp³-hybridized carbons (Fsp3) is 0.333. The number of halogens is 3. The van der Waals surface area contributed by atoms with Gasteiger partial charge in [0.1, 0.15) is 17.2 Å². The Morgan fingerprint density at radius 1 is 1.35 bits per heavy atom. The van der Waals surface area contributed by atoms with E-state index in [0.717, 1.165) is 12.1 Å². The maximum absolute atomic E-state index is 13.8. The van der Waals surface area contributed by atoms with Gasteiger partial charge >= 0.3 is 0 Å². The van der Waals surface area contributed by atoms with Crippen LogP contribution in [0.5, 0.6) is 0 Å². The Labute approximate surface area is 122 Å². The van der Waals surface area contributed by atoms with Crippen LogP contribution >= 0.6 is 15.9 Å². The van der Waals surface area contributed by atoms with Gasteiger partial charge in [-0.15, -0.1) is 0 Å². The van der Waals surface area contributed by atoms with E-state index in [1.165, 1.54) is 0 Å². The number of nitrogens with zero attached hydrogens (tertiary/aromatic N) is 3. The zero-order valence-corrected chi connectivity index (χ0v) is 12.5. The molecule has 0 saturated heterocycles. The second-order valence-corrected chi connectivity index (χ2v) is 5.49. The summed E-state index contributed by atoms with van der Waals surface area (Å²) < 4.78 is 32.8. The van der Waals surface area contributed by atoms with Gasteiger partial charge in [-0.1, -0.05) is 21.1 Å². The van der Waals surface area contributed by atoms with Crippen molar-refractivity contribution in [2.45, 2.75) is 6.04 Å². The highest BCUT2D eigenvalue weighted by Crippen LogP contribution is 2.28. The fourth-order valence-corrected chi connectivity index (χ4v) is 2.11. The molecule has 2 rings (SSSR count). The maximum atomic E-state index is 13.8. The van der Waals surface area contributed by atoms with Crippen LogP contribution in [0.4, 0.5) is 8.78 Å². The number of aromatic nitrogens is 2. The van der Waals surface area contributed by atoms with E-state index < -0.39 is 17.7 Å². The molecule has 0 bridgehead atoms. The molecule has 0 spiro atoms. The van der Waals surface area contributed by atoms with Crippen LogP contribution in [0.15, 0.2) is 21.1 Å². The van der Waals surface area contributed by atoms with Crippen molar-refractivity contribution in [1.82, 2.24) is 15.0 Å². The molecule has 5 nitrogen and oxygen atoms in total. The molecule has 1 aromatic heterocycles. The van der Waals surface area contributed by atoms with Gasteiger partial charge in [-0.05, 0) is 26.2 Å². The Morgan fingerprint density at radius 2 is 1.95 bits per heavy atom. The minimum absolute atomic E-state index is 0.204. The molecule has 1 aromatic carbocycles. The number of nitrogens with two attached hydrogens (primary N) is 1. The highest BCUT2D eigenvalue weighted by molar-refractivity contribution is 9.10.